The van der Waals surface area contributed by atoms with Crippen molar-refractivity contribution in [3.05, 3.63) is 76.9 Å². The SMILES string of the molecule is O=C(NCc1cc[n+](O)cc1)Nc1cc(-c2ccccc2F)nc2c(Br)cnn12. The summed E-state index contributed by atoms with van der Waals surface area (Å²) >= 11 is 3.37. The third-order valence-electron chi connectivity index (χ3n) is 4.16. The van der Waals surface area contributed by atoms with Gasteiger partial charge in [0.15, 0.2) is 5.65 Å². The van der Waals surface area contributed by atoms with Crippen LogP contribution in [0.25, 0.3) is 16.9 Å². The Morgan fingerprint density at radius 1 is 1.24 bits per heavy atom. The lowest BCUT2D eigenvalue weighted by atomic mass is 10.1. The van der Waals surface area contributed by atoms with Crippen LogP contribution in [-0.2, 0) is 6.54 Å². The lowest BCUT2D eigenvalue weighted by Crippen LogP contribution is -2.31. The summed E-state index contributed by atoms with van der Waals surface area (Å²) in [5.74, 6) is -0.0849. The van der Waals surface area contributed by atoms with Crippen LogP contribution in [0.15, 0.2) is 65.5 Å². The summed E-state index contributed by atoms with van der Waals surface area (Å²) in [6, 6.07) is 10.7. The number of aromatic nitrogens is 4. The third-order valence-corrected chi connectivity index (χ3v) is 4.72. The van der Waals surface area contributed by atoms with Crippen molar-refractivity contribution < 1.29 is 19.1 Å². The molecule has 0 aliphatic carbocycles. The van der Waals surface area contributed by atoms with Gasteiger partial charge in [0.2, 0.25) is 12.4 Å². The van der Waals surface area contributed by atoms with Crippen molar-refractivity contribution in [1.29, 1.82) is 0 Å². The van der Waals surface area contributed by atoms with E-state index in [2.05, 4.69) is 36.6 Å². The van der Waals surface area contributed by atoms with E-state index < -0.39 is 11.8 Å². The summed E-state index contributed by atoms with van der Waals surface area (Å²) in [6.07, 6.45) is 4.47. The number of nitrogens with one attached hydrogen (secondary N) is 2. The predicted octanol–water partition coefficient (Wildman–Crippen LogP) is 3.14. The van der Waals surface area contributed by atoms with Crippen LogP contribution in [0.3, 0.4) is 0 Å². The van der Waals surface area contributed by atoms with Gasteiger partial charge < -0.3 is 5.32 Å². The second-order valence-electron chi connectivity index (χ2n) is 6.13. The Morgan fingerprint density at radius 2 is 2.00 bits per heavy atom. The van der Waals surface area contributed by atoms with Gasteiger partial charge in [-0.3, -0.25) is 10.5 Å². The summed E-state index contributed by atoms with van der Waals surface area (Å²) < 4.78 is 17.2. The molecule has 0 radical (unpaired) electrons. The quantitative estimate of drug-likeness (QED) is 0.324. The first kappa shape index (κ1) is 18.8. The highest BCUT2D eigenvalue weighted by Gasteiger charge is 2.15. The normalized spacial score (nSPS) is 10.8. The summed E-state index contributed by atoms with van der Waals surface area (Å²) in [7, 11) is 0. The van der Waals surface area contributed by atoms with Crippen LogP contribution in [0.1, 0.15) is 5.56 Å². The first-order valence-electron chi connectivity index (χ1n) is 8.55. The smallest absolute Gasteiger partial charge is 0.320 e. The summed E-state index contributed by atoms with van der Waals surface area (Å²) in [5, 5.41) is 18.9. The number of halogens is 2. The Labute approximate surface area is 172 Å². The van der Waals surface area contributed by atoms with Gasteiger partial charge in [-0.1, -0.05) is 12.1 Å². The number of urea groups is 1. The molecule has 3 heterocycles. The van der Waals surface area contributed by atoms with Gasteiger partial charge in [0, 0.05) is 35.0 Å². The fraction of sp³-hybridized carbons (Fsp3) is 0.0526. The number of anilines is 1. The molecule has 4 rings (SSSR count). The molecule has 3 aromatic heterocycles. The molecule has 0 saturated heterocycles. The van der Waals surface area contributed by atoms with Crippen LogP contribution in [0.5, 0.6) is 0 Å². The van der Waals surface area contributed by atoms with E-state index in [-0.39, 0.29) is 6.54 Å². The minimum atomic E-state index is -0.468. The van der Waals surface area contributed by atoms with Crippen LogP contribution in [0.2, 0.25) is 0 Å². The van der Waals surface area contributed by atoms with Crippen molar-refractivity contribution in [3.8, 4) is 11.3 Å². The summed E-state index contributed by atoms with van der Waals surface area (Å²) in [5.41, 5.74) is 1.92. The number of pyridine rings is 1. The predicted molar refractivity (Wildman–Crippen MR) is 106 cm³/mol. The molecule has 0 unspecified atom stereocenters. The third kappa shape index (κ3) is 4.02. The van der Waals surface area contributed by atoms with Gasteiger partial charge in [-0.2, -0.15) is 9.61 Å². The molecule has 146 valence electrons. The second-order valence-corrected chi connectivity index (χ2v) is 6.98. The minimum Gasteiger partial charge on any atom is -0.334 e. The van der Waals surface area contributed by atoms with E-state index in [1.807, 2.05) is 0 Å². The number of carbonyl (C=O) groups excluding carboxylic acids is 1. The number of hydrogen-bond acceptors (Lipinski definition) is 4. The number of amides is 2. The van der Waals surface area contributed by atoms with Gasteiger partial charge in [-0.15, -0.1) is 0 Å². The van der Waals surface area contributed by atoms with E-state index in [4.69, 9.17) is 0 Å². The highest BCUT2D eigenvalue weighted by atomic mass is 79.9. The average molecular weight is 458 g/mol. The lowest BCUT2D eigenvalue weighted by Gasteiger charge is -2.11. The van der Waals surface area contributed by atoms with Crippen molar-refractivity contribution in [1.82, 2.24) is 19.9 Å². The molecule has 4 aromatic rings. The fourth-order valence-electron chi connectivity index (χ4n) is 2.74. The molecule has 0 saturated carbocycles. The van der Waals surface area contributed by atoms with Gasteiger partial charge in [-0.25, -0.2) is 14.2 Å². The first-order valence-corrected chi connectivity index (χ1v) is 9.34. The van der Waals surface area contributed by atoms with Crippen molar-refractivity contribution >= 4 is 33.4 Å². The summed E-state index contributed by atoms with van der Waals surface area (Å²) in [4.78, 5) is 16.8. The molecule has 0 aliphatic heterocycles. The minimum absolute atomic E-state index is 0.254. The van der Waals surface area contributed by atoms with Crippen molar-refractivity contribution in [3.63, 3.8) is 0 Å². The highest BCUT2D eigenvalue weighted by Crippen LogP contribution is 2.27. The maximum atomic E-state index is 14.2. The van der Waals surface area contributed by atoms with Crippen LogP contribution in [0, 0.1) is 5.82 Å². The van der Waals surface area contributed by atoms with Gasteiger partial charge in [0.1, 0.15) is 11.6 Å². The topological polar surface area (TPSA) is 95.4 Å². The van der Waals surface area contributed by atoms with E-state index in [1.54, 1.807) is 42.6 Å². The standard InChI is InChI=1S/C19H14BrFN6O2/c20-14-11-23-27-17(25-19(28)22-10-12-5-7-26(29)8-6-12)9-16(24-18(14)27)13-3-1-2-4-15(13)21/h1-9,11H,10H2,(H2-,22,23,24,25,28,29)/p+1. The Morgan fingerprint density at radius 3 is 2.76 bits per heavy atom. The maximum Gasteiger partial charge on any atom is 0.320 e. The molecule has 2 amide bonds. The number of fused-ring (bicyclic) bond motifs is 1. The van der Waals surface area contributed by atoms with E-state index in [1.165, 1.54) is 23.0 Å². The molecular weight excluding hydrogens is 443 g/mol. The monoisotopic (exact) mass is 457 g/mol. The molecule has 10 heteroatoms. The zero-order valence-corrected chi connectivity index (χ0v) is 16.5. The molecular formula is C19H15BrFN6O2+. The number of hydrogen-bond donors (Lipinski definition) is 3. The maximum absolute atomic E-state index is 14.2. The number of carbonyl (C=O) groups is 1. The molecule has 0 aliphatic rings. The van der Waals surface area contributed by atoms with Gasteiger partial charge in [0.25, 0.3) is 0 Å². The molecule has 1 aromatic carbocycles. The van der Waals surface area contributed by atoms with Crippen molar-refractivity contribution in [2.45, 2.75) is 6.54 Å². The Kier molecular flexibility index (Phi) is 5.09. The largest absolute Gasteiger partial charge is 0.334 e. The van der Waals surface area contributed by atoms with Gasteiger partial charge in [0.05, 0.1) is 16.4 Å². The Balaban J connectivity index is 1.61. The van der Waals surface area contributed by atoms with Crippen LogP contribution >= 0.6 is 15.9 Å². The second kappa shape index (κ2) is 7.84. The Bertz CT molecular complexity index is 1200. The Hall–Kier alpha value is -3.53. The van der Waals surface area contributed by atoms with Gasteiger partial charge >= 0.3 is 6.03 Å². The molecule has 8 nitrogen and oxygen atoms in total. The van der Waals surface area contributed by atoms with Crippen molar-refractivity contribution in [2.75, 3.05) is 5.32 Å². The van der Waals surface area contributed by atoms with Gasteiger partial charge in [-0.05, 0) is 33.6 Å². The molecule has 0 fully saturated rings. The molecule has 0 bridgehead atoms. The van der Waals surface area contributed by atoms with Crippen LogP contribution in [0.4, 0.5) is 15.0 Å². The molecule has 29 heavy (non-hydrogen) atoms. The van der Waals surface area contributed by atoms with E-state index in [0.717, 1.165) is 10.3 Å². The van der Waals surface area contributed by atoms with Crippen molar-refractivity contribution in [2.24, 2.45) is 0 Å². The number of nitrogens with zero attached hydrogens (tertiary/aromatic N) is 4. The molecule has 0 atom stereocenters. The van der Waals surface area contributed by atoms with Crippen LogP contribution < -0.4 is 15.4 Å². The first-order chi connectivity index (χ1) is 14.0. The molecule has 0 spiro atoms. The van der Waals surface area contributed by atoms with Crippen LogP contribution in [-0.4, -0.2) is 25.8 Å². The number of benzene rings is 1. The summed E-state index contributed by atoms with van der Waals surface area (Å²) in [6.45, 7) is 0.254. The van der Waals surface area contributed by atoms with E-state index in [9.17, 15) is 14.4 Å². The van der Waals surface area contributed by atoms with E-state index >= 15 is 0 Å². The lowest BCUT2D eigenvalue weighted by molar-refractivity contribution is -0.904. The average Bonchev–Trinajstić information content (AvgIpc) is 3.09. The van der Waals surface area contributed by atoms with E-state index in [0.29, 0.717) is 27.2 Å². The fourth-order valence-corrected chi connectivity index (χ4v) is 3.09. The zero-order valence-electron chi connectivity index (χ0n) is 14.9. The molecule has 3 N–H and O–H groups in total. The highest BCUT2D eigenvalue weighted by molar-refractivity contribution is 9.10. The number of rotatable bonds is 4. The zero-order chi connectivity index (χ0) is 20.4.